The van der Waals surface area contributed by atoms with Crippen molar-refractivity contribution in [3.63, 3.8) is 0 Å². The standard InChI is InChI=1S/C22H37N3O3.HI/c1-4-23-22(24-14-11-19-9-6-7-10-21(19)27-5-2)25-15-12-20(13-16-25)28-18-8-17-26-3;/h6-7,9-10,20H,4-5,8,11-18H2,1-3H3,(H,23,24);1H. The molecule has 1 N–H and O–H groups in total. The van der Waals surface area contributed by atoms with Gasteiger partial charge in [0.1, 0.15) is 5.75 Å². The zero-order valence-electron chi connectivity index (χ0n) is 18.2. The number of rotatable bonds is 11. The molecule has 0 bridgehead atoms. The number of methoxy groups -OCH3 is 1. The summed E-state index contributed by atoms with van der Waals surface area (Å²) in [6, 6.07) is 8.23. The monoisotopic (exact) mass is 519 g/mol. The Hall–Kier alpha value is -1.06. The van der Waals surface area contributed by atoms with E-state index in [4.69, 9.17) is 19.2 Å². The third kappa shape index (κ3) is 9.53. The Morgan fingerprint density at radius 1 is 1.17 bits per heavy atom. The summed E-state index contributed by atoms with van der Waals surface area (Å²) in [4.78, 5) is 7.22. The van der Waals surface area contributed by atoms with E-state index in [9.17, 15) is 0 Å². The third-order valence-electron chi connectivity index (χ3n) is 4.84. The zero-order chi connectivity index (χ0) is 20.0. The second-order valence-corrected chi connectivity index (χ2v) is 6.93. The van der Waals surface area contributed by atoms with Crippen molar-refractivity contribution in [3.8, 4) is 5.75 Å². The molecule has 166 valence electrons. The number of ether oxygens (including phenoxy) is 3. The first-order chi connectivity index (χ1) is 13.8. The Labute approximate surface area is 193 Å². The topological polar surface area (TPSA) is 55.3 Å². The zero-order valence-corrected chi connectivity index (χ0v) is 20.5. The molecule has 0 saturated carbocycles. The van der Waals surface area contributed by atoms with E-state index in [0.717, 1.165) is 76.8 Å². The van der Waals surface area contributed by atoms with Crippen molar-refractivity contribution in [1.82, 2.24) is 10.2 Å². The highest BCUT2D eigenvalue weighted by Crippen LogP contribution is 2.19. The van der Waals surface area contributed by atoms with Crippen LogP contribution < -0.4 is 10.1 Å². The van der Waals surface area contributed by atoms with E-state index < -0.39 is 0 Å². The Balaban J connectivity index is 0.00000420. The molecule has 1 heterocycles. The van der Waals surface area contributed by atoms with Gasteiger partial charge in [-0.05, 0) is 51.2 Å². The molecule has 0 aromatic heterocycles. The minimum atomic E-state index is 0. The lowest BCUT2D eigenvalue weighted by molar-refractivity contribution is 0.00991. The van der Waals surface area contributed by atoms with Gasteiger partial charge in [-0.2, -0.15) is 0 Å². The summed E-state index contributed by atoms with van der Waals surface area (Å²) in [6.45, 7) is 9.96. The van der Waals surface area contributed by atoms with Crippen LogP contribution in [0.5, 0.6) is 5.75 Å². The van der Waals surface area contributed by atoms with E-state index in [-0.39, 0.29) is 24.0 Å². The molecule has 0 atom stereocenters. The average Bonchev–Trinajstić information content (AvgIpc) is 2.72. The van der Waals surface area contributed by atoms with Crippen LogP contribution in [-0.2, 0) is 15.9 Å². The van der Waals surface area contributed by atoms with Crippen LogP contribution in [0.2, 0.25) is 0 Å². The van der Waals surface area contributed by atoms with Gasteiger partial charge in [-0.3, -0.25) is 4.99 Å². The van der Waals surface area contributed by atoms with E-state index in [0.29, 0.717) is 12.7 Å². The number of nitrogens with zero attached hydrogens (tertiary/aromatic N) is 2. The van der Waals surface area contributed by atoms with Crippen LogP contribution in [0.4, 0.5) is 0 Å². The fraction of sp³-hybridized carbons (Fsp3) is 0.682. The van der Waals surface area contributed by atoms with Gasteiger partial charge >= 0.3 is 0 Å². The van der Waals surface area contributed by atoms with Crippen LogP contribution in [0.15, 0.2) is 29.3 Å². The molecule has 0 unspecified atom stereocenters. The molecule has 1 fully saturated rings. The van der Waals surface area contributed by atoms with E-state index in [2.05, 4.69) is 29.3 Å². The number of nitrogens with one attached hydrogen (secondary N) is 1. The van der Waals surface area contributed by atoms with Gasteiger partial charge in [-0.1, -0.05) is 18.2 Å². The Bertz CT molecular complexity index is 578. The Kier molecular flexibility index (Phi) is 14.1. The number of aliphatic imine (C=N–C) groups is 1. The molecule has 1 aromatic carbocycles. The molecule has 1 aromatic rings. The van der Waals surface area contributed by atoms with E-state index in [1.54, 1.807) is 7.11 Å². The van der Waals surface area contributed by atoms with Crippen molar-refractivity contribution in [2.24, 2.45) is 4.99 Å². The molecule has 6 nitrogen and oxygen atoms in total. The molecule has 0 spiro atoms. The summed E-state index contributed by atoms with van der Waals surface area (Å²) >= 11 is 0. The molecule has 1 aliphatic rings. The molecule has 0 radical (unpaired) electrons. The van der Waals surface area contributed by atoms with Crippen LogP contribution >= 0.6 is 24.0 Å². The van der Waals surface area contributed by atoms with Crippen LogP contribution in [0, 0.1) is 0 Å². The van der Waals surface area contributed by atoms with Crippen LogP contribution in [0.3, 0.4) is 0 Å². The quantitative estimate of drug-likeness (QED) is 0.209. The smallest absolute Gasteiger partial charge is 0.193 e. The highest BCUT2D eigenvalue weighted by molar-refractivity contribution is 14.0. The summed E-state index contributed by atoms with van der Waals surface area (Å²) in [5.74, 6) is 1.98. The summed E-state index contributed by atoms with van der Waals surface area (Å²) < 4.78 is 16.8. The fourth-order valence-corrected chi connectivity index (χ4v) is 3.40. The largest absolute Gasteiger partial charge is 0.494 e. The molecule has 2 rings (SSSR count). The predicted octanol–water partition coefficient (Wildman–Crippen LogP) is 3.73. The highest BCUT2D eigenvalue weighted by Gasteiger charge is 2.21. The van der Waals surface area contributed by atoms with Crippen LogP contribution in [0.1, 0.15) is 38.7 Å². The molecule has 1 aliphatic heterocycles. The lowest BCUT2D eigenvalue weighted by atomic mass is 10.1. The van der Waals surface area contributed by atoms with E-state index in [1.165, 1.54) is 5.56 Å². The minimum absolute atomic E-state index is 0. The van der Waals surface area contributed by atoms with Crippen LogP contribution in [-0.4, -0.2) is 70.1 Å². The maximum atomic E-state index is 5.97. The number of hydrogen-bond acceptors (Lipinski definition) is 4. The van der Waals surface area contributed by atoms with E-state index in [1.807, 2.05) is 19.1 Å². The van der Waals surface area contributed by atoms with Gasteiger partial charge in [0, 0.05) is 46.5 Å². The molecule has 1 saturated heterocycles. The van der Waals surface area contributed by atoms with Crippen molar-refractivity contribution in [3.05, 3.63) is 29.8 Å². The number of piperidine rings is 1. The lowest BCUT2D eigenvalue weighted by Gasteiger charge is -2.34. The summed E-state index contributed by atoms with van der Waals surface area (Å²) in [5, 5.41) is 3.44. The van der Waals surface area contributed by atoms with Gasteiger partial charge in [-0.25, -0.2) is 0 Å². The van der Waals surface area contributed by atoms with Crippen molar-refractivity contribution in [1.29, 1.82) is 0 Å². The van der Waals surface area contributed by atoms with Gasteiger partial charge in [0.05, 0.1) is 12.7 Å². The number of benzene rings is 1. The van der Waals surface area contributed by atoms with E-state index >= 15 is 0 Å². The first-order valence-electron chi connectivity index (χ1n) is 10.6. The predicted molar refractivity (Wildman–Crippen MR) is 130 cm³/mol. The molecular weight excluding hydrogens is 481 g/mol. The molecular formula is C22H38IN3O3. The van der Waals surface area contributed by atoms with Gasteiger partial charge in [0.25, 0.3) is 0 Å². The van der Waals surface area contributed by atoms with Crippen molar-refractivity contribution in [2.75, 3.05) is 53.1 Å². The van der Waals surface area contributed by atoms with Gasteiger partial charge in [0.2, 0.25) is 0 Å². The first-order valence-corrected chi connectivity index (χ1v) is 10.6. The molecule has 7 heteroatoms. The van der Waals surface area contributed by atoms with Gasteiger partial charge < -0.3 is 24.4 Å². The third-order valence-corrected chi connectivity index (χ3v) is 4.84. The highest BCUT2D eigenvalue weighted by atomic mass is 127. The number of guanidine groups is 1. The fourth-order valence-electron chi connectivity index (χ4n) is 3.40. The SMILES string of the molecule is CCNC(=NCCc1ccccc1OCC)N1CCC(OCCCOC)CC1.I. The second-order valence-electron chi connectivity index (χ2n) is 6.93. The van der Waals surface area contributed by atoms with Crippen molar-refractivity contribution in [2.45, 2.75) is 45.6 Å². The lowest BCUT2D eigenvalue weighted by Crippen LogP contribution is -2.47. The molecule has 0 amide bonds. The van der Waals surface area contributed by atoms with Crippen molar-refractivity contribution >= 4 is 29.9 Å². The average molecular weight is 519 g/mol. The second kappa shape index (κ2) is 15.7. The Morgan fingerprint density at radius 2 is 1.93 bits per heavy atom. The summed E-state index contributed by atoms with van der Waals surface area (Å²) in [7, 11) is 1.73. The first kappa shape index (κ1) is 26.0. The van der Waals surface area contributed by atoms with Gasteiger partial charge in [0.15, 0.2) is 5.96 Å². The summed E-state index contributed by atoms with van der Waals surface area (Å²) in [5.41, 5.74) is 1.21. The minimum Gasteiger partial charge on any atom is -0.494 e. The maximum Gasteiger partial charge on any atom is 0.193 e. The van der Waals surface area contributed by atoms with Gasteiger partial charge in [-0.15, -0.1) is 24.0 Å². The maximum absolute atomic E-state index is 5.97. The van der Waals surface area contributed by atoms with Crippen molar-refractivity contribution < 1.29 is 14.2 Å². The number of likely N-dealkylation sites (tertiary alicyclic amines) is 1. The Morgan fingerprint density at radius 3 is 2.62 bits per heavy atom. The number of para-hydroxylation sites is 1. The molecule has 29 heavy (non-hydrogen) atoms. The number of halogens is 1. The molecule has 0 aliphatic carbocycles. The summed E-state index contributed by atoms with van der Waals surface area (Å²) in [6.07, 6.45) is 4.29. The normalized spacial score (nSPS) is 15.1. The van der Waals surface area contributed by atoms with Crippen LogP contribution in [0.25, 0.3) is 0 Å². The number of hydrogen-bond donors (Lipinski definition) is 1.